The van der Waals surface area contributed by atoms with Gasteiger partial charge in [0, 0.05) is 55.9 Å². The van der Waals surface area contributed by atoms with Crippen LogP contribution >= 0.6 is 23.4 Å². The van der Waals surface area contributed by atoms with E-state index in [9.17, 15) is 4.39 Å². The quantitative estimate of drug-likeness (QED) is 0.641. The number of hydrogen-bond acceptors (Lipinski definition) is 6. The second-order valence-electron chi connectivity index (χ2n) is 8.04. The molecule has 0 amide bonds. The maximum Gasteiger partial charge on any atom is 0.149 e. The molecule has 4 rings (SSSR count). The highest BCUT2D eigenvalue weighted by atomic mass is 35.5. The van der Waals surface area contributed by atoms with Crippen molar-refractivity contribution in [1.82, 2.24) is 14.9 Å². The van der Waals surface area contributed by atoms with Crippen LogP contribution in [0.3, 0.4) is 0 Å². The monoisotopic (exact) mass is 436 g/mol. The molecular weight excluding hydrogens is 411 g/mol. The first-order valence-corrected chi connectivity index (χ1v) is 11.5. The van der Waals surface area contributed by atoms with E-state index in [-0.39, 0.29) is 24.2 Å². The smallest absolute Gasteiger partial charge is 0.149 e. The lowest BCUT2D eigenvalue weighted by molar-refractivity contribution is 0.282. The number of fused-ring (bicyclic) bond motifs is 1. The number of hydrogen-bond donors (Lipinski definition) is 2. The first-order valence-electron chi connectivity index (χ1n) is 10.0. The van der Waals surface area contributed by atoms with Crippen LogP contribution in [0.25, 0.3) is 11.3 Å². The Morgan fingerprint density at radius 2 is 2.03 bits per heavy atom. The number of aromatic nitrogens is 2. The van der Waals surface area contributed by atoms with Crippen LogP contribution < -0.4 is 5.32 Å². The van der Waals surface area contributed by atoms with Crippen molar-refractivity contribution in [2.75, 3.05) is 36.5 Å². The Kier molecular flexibility index (Phi) is 6.59. The maximum atomic E-state index is 15.0. The fraction of sp³-hybridized carbons (Fsp3) is 0.524. The lowest BCUT2D eigenvalue weighted by atomic mass is 10.0. The summed E-state index contributed by atoms with van der Waals surface area (Å²) >= 11 is 8.10. The molecular formula is C21H26ClFN4OS. The van der Waals surface area contributed by atoms with Crippen LogP contribution in [0.1, 0.15) is 18.9 Å². The number of halogens is 2. The molecule has 2 aliphatic rings. The van der Waals surface area contributed by atoms with E-state index >= 15 is 0 Å². The van der Waals surface area contributed by atoms with Gasteiger partial charge in [0.05, 0.1) is 0 Å². The maximum absolute atomic E-state index is 15.0. The Morgan fingerprint density at radius 1 is 1.28 bits per heavy atom. The molecule has 0 saturated carbocycles. The summed E-state index contributed by atoms with van der Waals surface area (Å²) in [5.74, 6) is 3.71. The van der Waals surface area contributed by atoms with Gasteiger partial charge in [-0.2, -0.15) is 11.8 Å². The Morgan fingerprint density at radius 3 is 2.72 bits per heavy atom. The van der Waals surface area contributed by atoms with Gasteiger partial charge in [-0.3, -0.25) is 9.88 Å². The van der Waals surface area contributed by atoms with Gasteiger partial charge in [0.15, 0.2) is 0 Å². The van der Waals surface area contributed by atoms with Crippen molar-refractivity contribution in [1.29, 1.82) is 0 Å². The molecule has 0 aliphatic carbocycles. The van der Waals surface area contributed by atoms with Crippen molar-refractivity contribution in [3.05, 3.63) is 41.1 Å². The number of nitrogens with zero attached hydrogens (tertiary/aromatic N) is 3. The highest BCUT2D eigenvalue weighted by molar-refractivity contribution is 7.99. The molecule has 2 aromatic heterocycles. The van der Waals surface area contributed by atoms with E-state index in [0.717, 1.165) is 37.0 Å². The second-order valence-corrected chi connectivity index (χ2v) is 9.50. The van der Waals surface area contributed by atoms with E-state index in [2.05, 4.69) is 31.9 Å². The minimum Gasteiger partial charge on any atom is -0.396 e. The second kappa shape index (κ2) is 9.16. The van der Waals surface area contributed by atoms with Crippen LogP contribution in [-0.2, 0) is 6.54 Å². The summed E-state index contributed by atoms with van der Waals surface area (Å²) in [4.78, 5) is 11.0. The van der Waals surface area contributed by atoms with Gasteiger partial charge in [-0.05, 0) is 54.4 Å². The number of rotatable bonds is 7. The first-order chi connectivity index (χ1) is 14.0. The third-order valence-electron chi connectivity index (χ3n) is 5.71. The Hall–Kier alpha value is -1.41. The molecule has 2 fully saturated rings. The van der Waals surface area contributed by atoms with Gasteiger partial charge in [-0.1, -0.05) is 11.6 Å². The van der Waals surface area contributed by atoms with E-state index in [1.165, 1.54) is 11.5 Å². The van der Waals surface area contributed by atoms with Crippen LogP contribution in [0.2, 0.25) is 5.15 Å². The highest BCUT2D eigenvalue weighted by Crippen LogP contribution is 2.36. The molecule has 29 heavy (non-hydrogen) atoms. The Labute approximate surface area is 180 Å². The number of anilines is 1. The Balaban J connectivity index is 1.52. The van der Waals surface area contributed by atoms with Crippen LogP contribution in [-0.4, -0.2) is 57.2 Å². The molecule has 4 heterocycles. The van der Waals surface area contributed by atoms with Crippen molar-refractivity contribution in [2.24, 2.45) is 11.8 Å². The van der Waals surface area contributed by atoms with Crippen molar-refractivity contribution in [2.45, 2.75) is 25.9 Å². The summed E-state index contributed by atoms with van der Waals surface area (Å²) in [7, 11) is 0. The normalized spacial score (nSPS) is 22.6. The van der Waals surface area contributed by atoms with E-state index in [1.54, 1.807) is 24.5 Å². The summed E-state index contributed by atoms with van der Waals surface area (Å²) in [5, 5.41) is 12.7. The molecule has 0 bridgehead atoms. The predicted octanol–water partition coefficient (Wildman–Crippen LogP) is 3.91. The van der Waals surface area contributed by atoms with Gasteiger partial charge in [-0.25, -0.2) is 9.37 Å². The van der Waals surface area contributed by atoms with Gasteiger partial charge in [0.25, 0.3) is 0 Å². The molecule has 0 spiro atoms. The van der Waals surface area contributed by atoms with Crippen molar-refractivity contribution >= 4 is 29.1 Å². The summed E-state index contributed by atoms with van der Waals surface area (Å²) in [6.07, 6.45) is 3.88. The fourth-order valence-corrected chi connectivity index (χ4v) is 5.86. The third-order valence-corrected chi connectivity index (χ3v) is 7.24. The minimum atomic E-state index is -0.362. The van der Waals surface area contributed by atoms with E-state index < -0.39 is 0 Å². The van der Waals surface area contributed by atoms with Crippen LogP contribution in [0.4, 0.5) is 10.1 Å². The molecule has 5 nitrogen and oxygen atoms in total. The predicted molar refractivity (Wildman–Crippen MR) is 117 cm³/mol. The van der Waals surface area contributed by atoms with Gasteiger partial charge < -0.3 is 10.4 Å². The first kappa shape index (κ1) is 20.8. The molecule has 2 N–H and O–H groups in total. The molecule has 2 saturated heterocycles. The van der Waals surface area contributed by atoms with Gasteiger partial charge in [-0.15, -0.1) is 0 Å². The molecule has 3 atom stereocenters. The number of nitrogens with one attached hydrogen (secondary N) is 1. The van der Waals surface area contributed by atoms with Gasteiger partial charge >= 0.3 is 0 Å². The molecule has 2 aliphatic heterocycles. The minimum absolute atomic E-state index is 0.00679. The summed E-state index contributed by atoms with van der Waals surface area (Å²) in [5.41, 5.74) is 2.38. The Bertz CT molecular complexity index is 859. The van der Waals surface area contributed by atoms with E-state index in [1.807, 2.05) is 6.92 Å². The number of pyridine rings is 2. The van der Waals surface area contributed by atoms with Crippen molar-refractivity contribution in [3.8, 4) is 11.3 Å². The van der Waals surface area contributed by atoms with Crippen LogP contribution in [0.5, 0.6) is 0 Å². The number of aliphatic hydroxyl groups is 1. The molecule has 156 valence electrons. The van der Waals surface area contributed by atoms with Crippen molar-refractivity contribution in [3.63, 3.8) is 0 Å². The lowest BCUT2D eigenvalue weighted by Gasteiger charge is -2.19. The fourth-order valence-electron chi connectivity index (χ4n) is 4.20. The largest absolute Gasteiger partial charge is 0.396 e. The average molecular weight is 437 g/mol. The van der Waals surface area contributed by atoms with Crippen LogP contribution in [0.15, 0.2) is 24.5 Å². The summed E-state index contributed by atoms with van der Waals surface area (Å²) in [6.45, 7) is 4.95. The summed E-state index contributed by atoms with van der Waals surface area (Å²) in [6, 6.07) is 3.26. The number of thioether (sulfide) groups is 1. The molecule has 0 aromatic carbocycles. The van der Waals surface area contributed by atoms with Gasteiger partial charge in [0.2, 0.25) is 0 Å². The van der Waals surface area contributed by atoms with Crippen LogP contribution in [0, 0.1) is 17.7 Å². The zero-order valence-corrected chi connectivity index (χ0v) is 18.0. The lowest BCUT2D eigenvalue weighted by Crippen LogP contribution is -2.21. The standard InChI is InChI=1S/C21H26ClFN4OS/c1-13(2-3-28)26-19-5-20(22)24-7-17(19)21-18(23)4-14(6-25-21)8-27-9-15-11-29-12-16(15)10-27/h4-7,13,15-16,28H,2-3,8-12H2,1H3,(H,24,26)/t13-,15?,16?/m0/s1. The summed E-state index contributed by atoms with van der Waals surface area (Å²) < 4.78 is 15.0. The van der Waals surface area contributed by atoms with Crippen molar-refractivity contribution < 1.29 is 9.50 Å². The SMILES string of the molecule is C[C@@H](CCO)Nc1cc(Cl)ncc1-c1ncc(CN2CC3CSCC3C2)cc1F. The molecule has 2 aromatic rings. The number of aliphatic hydroxyl groups excluding tert-OH is 1. The number of likely N-dealkylation sites (tertiary alicyclic amines) is 1. The third kappa shape index (κ3) is 4.85. The molecule has 0 radical (unpaired) electrons. The van der Waals surface area contributed by atoms with E-state index in [0.29, 0.717) is 22.8 Å². The average Bonchev–Trinajstić information content (AvgIpc) is 3.24. The van der Waals surface area contributed by atoms with E-state index in [4.69, 9.17) is 16.7 Å². The van der Waals surface area contributed by atoms with Gasteiger partial charge in [0.1, 0.15) is 16.7 Å². The zero-order valence-electron chi connectivity index (χ0n) is 16.4. The molecule has 8 heteroatoms. The highest BCUT2D eigenvalue weighted by Gasteiger charge is 2.36. The topological polar surface area (TPSA) is 61.3 Å². The molecule has 2 unspecified atom stereocenters. The zero-order chi connectivity index (χ0) is 20.4.